The second kappa shape index (κ2) is 10.6. The molecule has 0 saturated heterocycles. The summed E-state index contributed by atoms with van der Waals surface area (Å²) < 4.78 is 13.2. The van der Waals surface area contributed by atoms with Gasteiger partial charge in [0.2, 0.25) is 5.91 Å². The molecule has 3 aromatic rings. The molecule has 4 N–H and O–H groups in total. The van der Waals surface area contributed by atoms with Crippen LogP contribution in [0.4, 0.5) is 14.3 Å². The van der Waals surface area contributed by atoms with E-state index in [0.717, 1.165) is 5.56 Å². The Morgan fingerprint density at radius 3 is 2.74 bits per heavy atom. The van der Waals surface area contributed by atoms with Crippen LogP contribution in [-0.4, -0.2) is 39.9 Å². The van der Waals surface area contributed by atoms with Crippen molar-refractivity contribution in [3.05, 3.63) is 76.8 Å². The summed E-state index contributed by atoms with van der Waals surface area (Å²) in [6.07, 6.45) is 3.74. The number of benzene rings is 1. The molecule has 2 heterocycles. The van der Waals surface area contributed by atoms with Crippen molar-refractivity contribution in [1.82, 2.24) is 20.2 Å². The van der Waals surface area contributed by atoms with E-state index in [1.807, 2.05) is 12.1 Å². The van der Waals surface area contributed by atoms with Gasteiger partial charge in [-0.05, 0) is 41.8 Å². The third-order valence-corrected chi connectivity index (χ3v) is 5.22. The van der Waals surface area contributed by atoms with Crippen molar-refractivity contribution in [2.24, 2.45) is 5.73 Å². The molecule has 1 aromatic carbocycles. The summed E-state index contributed by atoms with van der Waals surface area (Å²) >= 11 is 1.25. The molecule has 0 fully saturated rings. The number of nitrogens with one attached hydrogen (secondary N) is 2. The topological polar surface area (TPSA) is 113 Å². The van der Waals surface area contributed by atoms with Gasteiger partial charge in [-0.25, -0.2) is 14.2 Å². The van der Waals surface area contributed by atoms with E-state index in [9.17, 15) is 14.0 Å². The van der Waals surface area contributed by atoms with E-state index >= 15 is 0 Å². The fraction of sp³-hybridized carbons (Fsp3) is 0.238. The number of thiazole rings is 1. The lowest BCUT2D eigenvalue weighted by molar-refractivity contribution is -0.131. The Labute approximate surface area is 183 Å². The van der Waals surface area contributed by atoms with Crippen molar-refractivity contribution < 1.29 is 14.0 Å². The van der Waals surface area contributed by atoms with Crippen LogP contribution in [0.25, 0.3) is 0 Å². The number of anilines is 1. The lowest BCUT2D eigenvalue weighted by atomic mass is 10.1. The summed E-state index contributed by atoms with van der Waals surface area (Å²) in [7, 11) is 1.66. The van der Waals surface area contributed by atoms with E-state index in [-0.39, 0.29) is 24.8 Å². The summed E-state index contributed by atoms with van der Waals surface area (Å²) in [6, 6.07) is 8.53. The smallest absolute Gasteiger partial charge is 0.321 e. The molecule has 0 radical (unpaired) electrons. The highest BCUT2D eigenvalue weighted by molar-refractivity contribution is 7.13. The first kappa shape index (κ1) is 22.3. The average molecular weight is 443 g/mol. The first-order chi connectivity index (χ1) is 14.9. The Bertz CT molecular complexity index is 1030. The van der Waals surface area contributed by atoms with Crippen LogP contribution in [-0.2, 0) is 24.3 Å². The second-order valence-corrected chi connectivity index (χ2v) is 7.80. The van der Waals surface area contributed by atoms with Gasteiger partial charge in [0.1, 0.15) is 5.82 Å². The highest BCUT2D eigenvalue weighted by Gasteiger charge is 2.19. The fourth-order valence-corrected chi connectivity index (χ4v) is 3.57. The average Bonchev–Trinajstić information content (AvgIpc) is 3.19. The van der Waals surface area contributed by atoms with Crippen molar-refractivity contribution in [1.29, 1.82) is 0 Å². The molecule has 31 heavy (non-hydrogen) atoms. The SMILES string of the molecule is CN(Cc1csc(NC(=O)NCc2cccc(F)c2)n1)C(=O)[C@@H](N)Cc1ccncc1. The van der Waals surface area contributed by atoms with Gasteiger partial charge in [0.05, 0.1) is 18.3 Å². The summed E-state index contributed by atoms with van der Waals surface area (Å²) in [5.74, 6) is -0.560. The number of nitrogens with two attached hydrogens (primary N) is 1. The van der Waals surface area contributed by atoms with E-state index in [1.54, 1.807) is 37.0 Å². The van der Waals surface area contributed by atoms with Crippen LogP contribution in [0.3, 0.4) is 0 Å². The van der Waals surface area contributed by atoms with Crippen LogP contribution in [0, 0.1) is 5.82 Å². The number of hydrogen-bond donors (Lipinski definition) is 3. The Balaban J connectivity index is 1.47. The zero-order valence-corrected chi connectivity index (χ0v) is 17.7. The Morgan fingerprint density at radius 2 is 2.00 bits per heavy atom. The summed E-state index contributed by atoms with van der Waals surface area (Å²) in [5, 5.41) is 7.44. The van der Waals surface area contributed by atoms with Gasteiger partial charge in [-0.3, -0.25) is 15.1 Å². The fourth-order valence-electron chi connectivity index (χ4n) is 2.87. The van der Waals surface area contributed by atoms with Gasteiger partial charge in [0, 0.05) is 31.4 Å². The number of amides is 3. The maximum atomic E-state index is 13.2. The molecular formula is C21H23FN6O2S. The molecule has 3 amide bonds. The lowest BCUT2D eigenvalue weighted by Gasteiger charge is -2.20. The van der Waals surface area contributed by atoms with E-state index in [4.69, 9.17) is 5.73 Å². The molecule has 0 aliphatic rings. The van der Waals surface area contributed by atoms with Gasteiger partial charge >= 0.3 is 6.03 Å². The number of pyridine rings is 1. The summed E-state index contributed by atoms with van der Waals surface area (Å²) in [6.45, 7) is 0.459. The molecule has 2 aromatic heterocycles. The molecule has 0 aliphatic carbocycles. The molecule has 0 saturated carbocycles. The maximum absolute atomic E-state index is 13.2. The van der Waals surface area contributed by atoms with Crippen LogP contribution in [0.2, 0.25) is 0 Å². The number of rotatable bonds is 8. The standard InChI is InChI=1S/C21H23FN6O2S/c1-28(19(29)18(23)10-14-5-7-24-8-6-14)12-17-13-31-21(26-17)27-20(30)25-11-15-3-2-4-16(22)9-15/h2-9,13,18H,10-12,23H2,1H3,(H2,25,26,27,30)/t18-/m0/s1. The number of carbonyl (C=O) groups excluding carboxylic acids is 2. The molecule has 0 bridgehead atoms. The van der Waals surface area contributed by atoms with Gasteiger partial charge in [-0.1, -0.05) is 12.1 Å². The Kier molecular flexibility index (Phi) is 7.63. The third kappa shape index (κ3) is 6.83. The van der Waals surface area contributed by atoms with Crippen molar-refractivity contribution in [3.63, 3.8) is 0 Å². The largest absolute Gasteiger partial charge is 0.338 e. The number of urea groups is 1. The quantitative estimate of drug-likeness (QED) is 0.496. The zero-order chi connectivity index (χ0) is 22.2. The number of hydrogen-bond acceptors (Lipinski definition) is 6. The predicted octanol–water partition coefficient (Wildman–Crippen LogP) is 2.53. The highest BCUT2D eigenvalue weighted by atomic mass is 32.1. The number of likely N-dealkylation sites (N-methyl/N-ethyl adjacent to an activating group) is 1. The summed E-state index contributed by atoms with van der Waals surface area (Å²) in [5.41, 5.74) is 8.27. The number of carbonyl (C=O) groups is 2. The predicted molar refractivity (Wildman–Crippen MR) is 117 cm³/mol. The van der Waals surface area contributed by atoms with Crippen LogP contribution >= 0.6 is 11.3 Å². The molecule has 0 spiro atoms. The maximum Gasteiger partial charge on any atom is 0.321 e. The molecule has 0 aliphatic heterocycles. The van der Waals surface area contributed by atoms with Gasteiger partial charge in [-0.2, -0.15) is 0 Å². The molecule has 10 heteroatoms. The van der Waals surface area contributed by atoms with Gasteiger partial charge < -0.3 is 16.0 Å². The Hall–Kier alpha value is -3.37. The van der Waals surface area contributed by atoms with E-state index in [2.05, 4.69) is 20.6 Å². The van der Waals surface area contributed by atoms with Crippen LogP contribution in [0.15, 0.2) is 54.2 Å². The van der Waals surface area contributed by atoms with Gasteiger partial charge in [0.25, 0.3) is 0 Å². The van der Waals surface area contributed by atoms with E-state index in [1.165, 1.54) is 28.4 Å². The van der Waals surface area contributed by atoms with Gasteiger partial charge in [0.15, 0.2) is 5.13 Å². The van der Waals surface area contributed by atoms with E-state index in [0.29, 0.717) is 22.8 Å². The molecule has 0 unspecified atom stereocenters. The third-order valence-electron chi connectivity index (χ3n) is 4.41. The first-order valence-electron chi connectivity index (χ1n) is 9.54. The van der Waals surface area contributed by atoms with Gasteiger partial charge in [-0.15, -0.1) is 11.3 Å². The minimum absolute atomic E-state index is 0.189. The number of aromatic nitrogens is 2. The summed E-state index contributed by atoms with van der Waals surface area (Å²) in [4.78, 5) is 34.4. The van der Waals surface area contributed by atoms with E-state index < -0.39 is 12.1 Å². The molecule has 3 rings (SSSR count). The molecule has 1 atom stereocenters. The number of halogens is 1. The van der Waals surface area contributed by atoms with Crippen LogP contribution in [0.1, 0.15) is 16.8 Å². The van der Waals surface area contributed by atoms with Crippen LogP contribution in [0.5, 0.6) is 0 Å². The number of nitrogens with zero attached hydrogens (tertiary/aromatic N) is 3. The minimum Gasteiger partial charge on any atom is -0.338 e. The molecular weight excluding hydrogens is 419 g/mol. The Morgan fingerprint density at radius 1 is 1.23 bits per heavy atom. The normalized spacial score (nSPS) is 11.6. The second-order valence-electron chi connectivity index (χ2n) is 6.94. The van der Waals surface area contributed by atoms with Crippen molar-refractivity contribution in [2.75, 3.05) is 12.4 Å². The van der Waals surface area contributed by atoms with Crippen molar-refractivity contribution in [2.45, 2.75) is 25.6 Å². The lowest BCUT2D eigenvalue weighted by Crippen LogP contribution is -2.42. The zero-order valence-electron chi connectivity index (χ0n) is 16.9. The van der Waals surface area contributed by atoms with Crippen molar-refractivity contribution in [3.8, 4) is 0 Å². The van der Waals surface area contributed by atoms with Crippen molar-refractivity contribution >= 4 is 28.4 Å². The monoisotopic (exact) mass is 442 g/mol. The van der Waals surface area contributed by atoms with Crippen LogP contribution < -0.4 is 16.4 Å². The first-order valence-corrected chi connectivity index (χ1v) is 10.4. The highest BCUT2D eigenvalue weighted by Crippen LogP contribution is 2.17. The minimum atomic E-state index is -0.669. The molecule has 162 valence electrons. The molecule has 8 nitrogen and oxygen atoms in total.